The molecule has 1 N–H and O–H groups in total. The zero-order valence-electron chi connectivity index (χ0n) is 16.1. The Labute approximate surface area is 157 Å². The zero-order chi connectivity index (χ0) is 19.0. The highest BCUT2D eigenvalue weighted by atomic mass is 32.2. The smallest absolute Gasteiger partial charge is 0.193 e. The molecule has 0 saturated carbocycles. The molecule has 0 aromatic heterocycles. The lowest BCUT2D eigenvalue weighted by atomic mass is 9.96. The number of nitrogens with zero attached hydrogens (tertiary/aromatic N) is 2. The van der Waals surface area contributed by atoms with Crippen molar-refractivity contribution in [2.24, 2.45) is 10.9 Å². The van der Waals surface area contributed by atoms with Gasteiger partial charge in [0, 0.05) is 46.7 Å². The van der Waals surface area contributed by atoms with Gasteiger partial charge in [-0.1, -0.05) is 24.3 Å². The molecule has 7 heteroatoms. The molecular formula is C19H31N3O3S. The number of ether oxygens (including phenoxy) is 1. The van der Waals surface area contributed by atoms with Crippen LogP contribution < -0.4 is 5.32 Å². The Morgan fingerprint density at radius 2 is 1.85 bits per heavy atom. The summed E-state index contributed by atoms with van der Waals surface area (Å²) in [5.74, 6) is 1.70. The van der Waals surface area contributed by atoms with Crippen LogP contribution in [0, 0.1) is 5.92 Å². The van der Waals surface area contributed by atoms with Crippen LogP contribution in [0.15, 0.2) is 29.3 Å². The van der Waals surface area contributed by atoms with Crippen molar-refractivity contribution in [2.75, 3.05) is 40.1 Å². The van der Waals surface area contributed by atoms with Crippen molar-refractivity contribution in [2.45, 2.75) is 31.6 Å². The number of benzene rings is 1. The van der Waals surface area contributed by atoms with Gasteiger partial charge in [-0.25, -0.2) is 8.42 Å². The minimum atomic E-state index is -3.00. The van der Waals surface area contributed by atoms with Gasteiger partial charge in [-0.2, -0.15) is 0 Å². The molecule has 1 fully saturated rings. The topological polar surface area (TPSA) is 71.0 Å². The number of aliphatic imine (C=N–C) groups is 1. The first-order valence-electron chi connectivity index (χ1n) is 9.12. The second-order valence-electron chi connectivity index (χ2n) is 7.05. The van der Waals surface area contributed by atoms with Crippen LogP contribution in [-0.4, -0.2) is 59.4 Å². The second kappa shape index (κ2) is 9.92. The van der Waals surface area contributed by atoms with Gasteiger partial charge in [-0.3, -0.25) is 4.99 Å². The lowest BCUT2D eigenvalue weighted by Crippen LogP contribution is -2.39. The van der Waals surface area contributed by atoms with Gasteiger partial charge in [0.25, 0.3) is 0 Å². The molecular weight excluding hydrogens is 350 g/mol. The average Bonchev–Trinajstić information content (AvgIpc) is 2.61. The van der Waals surface area contributed by atoms with E-state index in [-0.39, 0.29) is 5.75 Å². The number of nitrogens with one attached hydrogen (secondary N) is 1. The lowest BCUT2D eigenvalue weighted by molar-refractivity contribution is 0.0625. The van der Waals surface area contributed by atoms with E-state index in [0.29, 0.717) is 6.54 Å². The Morgan fingerprint density at radius 1 is 1.23 bits per heavy atom. The molecule has 2 rings (SSSR count). The number of guanidine groups is 1. The molecule has 1 aromatic rings. The SMILES string of the molecule is CN=C(NCc1ccc(CS(C)(=O)=O)cc1)N(C)CCC1CCOCC1. The van der Waals surface area contributed by atoms with Gasteiger partial charge in [0.05, 0.1) is 5.75 Å². The number of rotatable bonds is 7. The summed E-state index contributed by atoms with van der Waals surface area (Å²) in [6, 6.07) is 7.66. The van der Waals surface area contributed by atoms with Crippen molar-refractivity contribution in [1.29, 1.82) is 0 Å². The van der Waals surface area contributed by atoms with Crippen molar-refractivity contribution >= 4 is 15.8 Å². The Hall–Kier alpha value is -1.60. The fraction of sp³-hybridized carbons (Fsp3) is 0.632. The summed E-state index contributed by atoms with van der Waals surface area (Å²) in [5, 5.41) is 3.37. The first kappa shape index (κ1) is 20.7. The predicted octanol–water partition coefficient (Wildman–Crippen LogP) is 2.06. The highest BCUT2D eigenvalue weighted by Crippen LogP contribution is 2.18. The maximum absolute atomic E-state index is 11.3. The lowest BCUT2D eigenvalue weighted by Gasteiger charge is -2.26. The zero-order valence-corrected chi connectivity index (χ0v) is 16.9. The fourth-order valence-electron chi connectivity index (χ4n) is 3.14. The molecule has 0 aliphatic carbocycles. The van der Waals surface area contributed by atoms with Crippen LogP contribution in [0.4, 0.5) is 0 Å². The van der Waals surface area contributed by atoms with Gasteiger partial charge < -0.3 is 15.0 Å². The molecule has 1 aliphatic heterocycles. The van der Waals surface area contributed by atoms with Gasteiger partial charge in [0.1, 0.15) is 0 Å². The minimum absolute atomic E-state index is 0.0807. The Morgan fingerprint density at radius 3 is 2.42 bits per heavy atom. The van der Waals surface area contributed by atoms with Crippen LogP contribution >= 0.6 is 0 Å². The normalized spacial score (nSPS) is 16.5. The molecule has 1 heterocycles. The van der Waals surface area contributed by atoms with E-state index >= 15 is 0 Å². The highest BCUT2D eigenvalue weighted by molar-refractivity contribution is 7.89. The van der Waals surface area contributed by atoms with Gasteiger partial charge in [0.15, 0.2) is 15.8 Å². The van der Waals surface area contributed by atoms with Gasteiger partial charge in [0.2, 0.25) is 0 Å². The van der Waals surface area contributed by atoms with Crippen LogP contribution in [0.25, 0.3) is 0 Å². The molecule has 0 amide bonds. The summed E-state index contributed by atoms with van der Waals surface area (Å²) < 4.78 is 28.1. The quantitative estimate of drug-likeness (QED) is 0.578. The van der Waals surface area contributed by atoms with Crippen LogP contribution in [0.5, 0.6) is 0 Å². The summed E-state index contributed by atoms with van der Waals surface area (Å²) in [6.07, 6.45) is 4.71. The molecule has 1 aromatic carbocycles. The Bertz CT molecular complexity index is 680. The number of hydrogen-bond acceptors (Lipinski definition) is 4. The van der Waals surface area contributed by atoms with Crippen molar-refractivity contribution in [3.63, 3.8) is 0 Å². The van der Waals surface area contributed by atoms with Crippen molar-refractivity contribution in [3.8, 4) is 0 Å². The van der Waals surface area contributed by atoms with E-state index in [1.54, 1.807) is 7.05 Å². The van der Waals surface area contributed by atoms with Crippen LogP contribution in [0.1, 0.15) is 30.4 Å². The summed E-state index contributed by atoms with van der Waals surface area (Å²) in [5.41, 5.74) is 1.91. The van der Waals surface area contributed by atoms with Crippen molar-refractivity contribution < 1.29 is 13.2 Å². The largest absolute Gasteiger partial charge is 0.381 e. The van der Waals surface area contributed by atoms with Crippen LogP contribution in [0.3, 0.4) is 0 Å². The second-order valence-corrected chi connectivity index (χ2v) is 9.19. The first-order chi connectivity index (χ1) is 12.4. The van der Waals surface area contributed by atoms with Gasteiger partial charge >= 0.3 is 0 Å². The van der Waals surface area contributed by atoms with Gasteiger partial charge in [-0.15, -0.1) is 0 Å². The third-order valence-corrected chi connectivity index (χ3v) is 5.55. The van der Waals surface area contributed by atoms with Crippen LogP contribution in [0.2, 0.25) is 0 Å². The molecule has 1 aliphatic rings. The number of hydrogen-bond donors (Lipinski definition) is 1. The first-order valence-corrected chi connectivity index (χ1v) is 11.2. The highest BCUT2D eigenvalue weighted by Gasteiger charge is 2.15. The van der Waals surface area contributed by atoms with E-state index in [4.69, 9.17) is 4.74 Å². The Kier molecular flexibility index (Phi) is 7.90. The van der Waals surface area contributed by atoms with E-state index in [1.807, 2.05) is 24.3 Å². The summed E-state index contributed by atoms with van der Waals surface area (Å²) >= 11 is 0. The standard InChI is InChI=1S/C19H31N3O3S/c1-20-19(22(2)11-8-16-9-12-25-13-10-16)21-14-17-4-6-18(7-5-17)15-26(3,23)24/h4-7,16H,8-15H2,1-3H3,(H,20,21). The minimum Gasteiger partial charge on any atom is -0.381 e. The monoisotopic (exact) mass is 381 g/mol. The Balaban J connectivity index is 1.80. The summed E-state index contributed by atoms with van der Waals surface area (Å²) in [4.78, 5) is 6.52. The third kappa shape index (κ3) is 7.33. The molecule has 26 heavy (non-hydrogen) atoms. The predicted molar refractivity (Wildman–Crippen MR) is 106 cm³/mol. The molecule has 0 atom stereocenters. The van der Waals surface area contributed by atoms with E-state index in [2.05, 4.69) is 22.3 Å². The average molecular weight is 382 g/mol. The molecule has 0 bridgehead atoms. The molecule has 146 valence electrons. The summed E-state index contributed by atoms with van der Waals surface area (Å²) in [6.45, 7) is 3.40. The van der Waals surface area contributed by atoms with Gasteiger partial charge in [-0.05, 0) is 36.3 Å². The maximum atomic E-state index is 11.3. The molecule has 0 unspecified atom stereocenters. The molecule has 0 radical (unpaired) electrons. The van der Waals surface area contributed by atoms with E-state index in [1.165, 1.54) is 6.26 Å². The van der Waals surface area contributed by atoms with E-state index in [9.17, 15) is 8.42 Å². The fourth-order valence-corrected chi connectivity index (χ4v) is 3.94. The number of sulfone groups is 1. The molecule has 0 spiro atoms. The molecule has 6 nitrogen and oxygen atoms in total. The van der Waals surface area contributed by atoms with E-state index in [0.717, 1.165) is 62.0 Å². The van der Waals surface area contributed by atoms with Crippen molar-refractivity contribution in [1.82, 2.24) is 10.2 Å². The summed E-state index contributed by atoms with van der Waals surface area (Å²) in [7, 11) is 0.858. The van der Waals surface area contributed by atoms with Crippen molar-refractivity contribution in [3.05, 3.63) is 35.4 Å². The van der Waals surface area contributed by atoms with Crippen LogP contribution in [-0.2, 0) is 26.9 Å². The third-order valence-electron chi connectivity index (χ3n) is 4.69. The maximum Gasteiger partial charge on any atom is 0.193 e. The molecule has 1 saturated heterocycles. The van der Waals surface area contributed by atoms with E-state index < -0.39 is 9.84 Å².